The first-order valence-corrected chi connectivity index (χ1v) is 8.18. The Morgan fingerprint density at radius 3 is 2.35 bits per heavy atom. The van der Waals surface area contributed by atoms with Crippen molar-refractivity contribution in [2.75, 3.05) is 27.2 Å². The van der Waals surface area contributed by atoms with Crippen molar-refractivity contribution in [2.45, 2.75) is 45.7 Å². The van der Waals surface area contributed by atoms with Crippen molar-refractivity contribution in [3.8, 4) is 0 Å². The molecule has 0 aromatic heterocycles. The Morgan fingerprint density at radius 2 is 1.78 bits per heavy atom. The first kappa shape index (κ1) is 17.9. The fourth-order valence-electron chi connectivity index (χ4n) is 3.13. The average molecular weight is 319 g/mol. The van der Waals surface area contributed by atoms with Gasteiger partial charge in [0.05, 0.1) is 19.2 Å². The molecule has 1 fully saturated rings. The summed E-state index contributed by atoms with van der Waals surface area (Å²) in [6, 6.07) is 4.26. The zero-order chi connectivity index (χ0) is 17.2. The van der Waals surface area contributed by atoms with Crippen LogP contribution in [-0.2, 0) is 16.1 Å². The molecular weight excluding hydrogens is 290 g/mol. The average Bonchev–Trinajstić information content (AvgIpc) is 2.52. The van der Waals surface area contributed by atoms with E-state index in [9.17, 15) is 4.79 Å². The predicted octanol–water partition coefficient (Wildman–Crippen LogP) is 1.92. The molecule has 5 heteroatoms. The third-order valence-electron chi connectivity index (χ3n) is 5.18. The highest BCUT2D eigenvalue weighted by atomic mass is 16.7. The number of rotatable bonds is 4. The highest BCUT2D eigenvalue weighted by Gasteiger charge is 2.37. The molecule has 1 saturated heterocycles. The van der Waals surface area contributed by atoms with Crippen molar-refractivity contribution in [3.63, 3.8) is 0 Å². The van der Waals surface area contributed by atoms with Gasteiger partial charge < -0.3 is 15.5 Å². The SMILES string of the molecule is CON1CCC(N)(N(C)C(=O)Cc2cc(C)c(C)cc2C)CC1. The Bertz CT molecular complexity index is 578. The first-order chi connectivity index (χ1) is 10.8. The van der Waals surface area contributed by atoms with Crippen LogP contribution in [0.3, 0.4) is 0 Å². The van der Waals surface area contributed by atoms with Crippen LogP contribution in [0.4, 0.5) is 0 Å². The number of piperidine rings is 1. The third-order valence-corrected chi connectivity index (χ3v) is 5.18. The second-order valence-electron chi connectivity index (χ2n) is 6.71. The molecule has 0 bridgehead atoms. The zero-order valence-electron chi connectivity index (χ0n) is 15.0. The van der Waals surface area contributed by atoms with E-state index in [-0.39, 0.29) is 5.91 Å². The van der Waals surface area contributed by atoms with E-state index >= 15 is 0 Å². The van der Waals surface area contributed by atoms with Crippen molar-refractivity contribution in [1.29, 1.82) is 0 Å². The first-order valence-electron chi connectivity index (χ1n) is 8.18. The molecule has 0 spiro atoms. The molecule has 5 nitrogen and oxygen atoms in total. The molecule has 1 aliphatic heterocycles. The lowest BCUT2D eigenvalue weighted by molar-refractivity contribution is -0.166. The molecule has 0 saturated carbocycles. The van der Waals surface area contributed by atoms with Crippen LogP contribution in [0.2, 0.25) is 0 Å². The molecule has 23 heavy (non-hydrogen) atoms. The van der Waals surface area contributed by atoms with Crippen LogP contribution in [0.1, 0.15) is 35.1 Å². The van der Waals surface area contributed by atoms with Crippen molar-refractivity contribution >= 4 is 5.91 Å². The number of aryl methyl sites for hydroxylation is 3. The molecule has 128 valence electrons. The molecular formula is C18H29N3O2. The van der Waals surface area contributed by atoms with Gasteiger partial charge in [0.1, 0.15) is 0 Å². The summed E-state index contributed by atoms with van der Waals surface area (Å²) in [5, 5.41) is 1.89. The van der Waals surface area contributed by atoms with Crippen molar-refractivity contribution in [2.24, 2.45) is 5.73 Å². The topological polar surface area (TPSA) is 58.8 Å². The Balaban J connectivity index is 2.07. The highest BCUT2D eigenvalue weighted by Crippen LogP contribution is 2.24. The van der Waals surface area contributed by atoms with Gasteiger partial charge in [-0.1, -0.05) is 12.1 Å². The molecule has 0 atom stereocenters. The summed E-state index contributed by atoms with van der Waals surface area (Å²) in [6.07, 6.45) is 1.83. The summed E-state index contributed by atoms with van der Waals surface area (Å²) in [7, 11) is 3.49. The van der Waals surface area contributed by atoms with Crippen LogP contribution in [-0.4, -0.2) is 48.8 Å². The largest absolute Gasteiger partial charge is 0.327 e. The van der Waals surface area contributed by atoms with Crippen molar-refractivity contribution in [1.82, 2.24) is 9.96 Å². The van der Waals surface area contributed by atoms with E-state index < -0.39 is 5.66 Å². The van der Waals surface area contributed by atoms with Gasteiger partial charge in [0.15, 0.2) is 0 Å². The lowest BCUT2D eigenvalue weighted by Gasteiger charge is -2.44. The number of likely N-dealkylation sites (N-methyl/N-ethyl adjacent to an activating group) is 1. The van der Waals surface area contributed by atoms with Crippen molar-refractivity contribution < 1.29 is 9.63 Å². The minimum absolute atomic E-state index is 0.0738. The smallest absolute Gasteiger partial charge is 0.228 e. The van der Waals surface area contributed by atoms with Crippen LogP contribution in [0.5, 0.6) is 0 Å². The molecule has 1 aliphatic rings. The number of nitrogens with zero attached hydrogens (tertiary/aromatic N) is 2. The summed E-state index contributed by atoms with van der Waals surface area (Å²) >= 11 is 0. The number of benzene rings is 1. The fourth-order valence-corrected chi connectivity index (χ4v) is 3.13. The van der Waals surface area contributed by atoms with Crippen molar-refractivity contribution in [3.05, 3.63) is 34.4 Å². The predicted molar refractivity (Wildman–Crippen MR) is 91.9 cm³/mol. The summed E-state index contributed by atoms with van der Waals surface area (Å²) in [6.45, 7) is 7.72. The van der Waals surface area contributed by atoms with E-state index in [0.29, 0.717) is 6.42 Å². The van der Waals surface area contributed by atoms with Crippen LogP contribution in [0.15, 0.2) is 12.1 Å². The normalized spacial score (nSPS) is 18.0. The van der Waals surface area contributed by atoms with Crippen LogP contribution in [0.25, 0.3) is 0 Å². The number of amides is 1. The van der Waals surface area contributed by atoms with E-state index in [1.807, 2.05) is 12.1 Å². The van der Waals surface area contributed by atoms with E-state index in [0.717, 1.165) is 37.1 Å². The van der Waals surface area contributed by atoms with E-state index in [4.69, 9.17) is 10.6 Å². The zero-order valence-corrected chi connectivity index (χ0v) is 15.0. The monoisotopic (exact) mass is 319 g/mol. The Hall–Kier alpha value is -1.43. The molecule has 0 aliphatic carbocycles. The summed E-state index contributed by atoms with van der Waals surface area (Å²) in [5.41, 5.74) is 10.6. The minimum atomic E-state index is -0.584. The summed E-state index contributed by atoms with van der Waals surface area (Å²) in [4.78, 5) is 19.7. The molecule has 1 aromatic rings. The van der Waals surface area contributed by atoms with Gasteiger partial charge in [0.25, 0.3) is 0 Å². The van der Waals surface area contributed by atoms with Crippen LogP contribution < -0.4 is 5.73 Å². The number of carbonyl (C=O) groups is 1. The second kappa shape index (κ2) is 6.99. The molecule has 0 unspecified atom stereocenters. The number of hydrogen-bond acceptors (Lipinski definition) is 4. The molecule has 1 aromatic carbocycles. The van der Waals surface area contributed by atoms with Gasteiger partial charge in [-0.3, -0.25) is 4.79 Å². The van der Waals surface area contributed by atoms with Crippen LogP contribution in [0, 0.1) is 20.8 Å². The molecule has 1 heterocycles. The Labute approximate surface area is 139 Å². The van der Waals surface area contributed by atoms with Gasteiger partial charge >= 0.3 is 0 Å². The maximum absolute atomic E-state index is 12.7. The lowest BCUT2D eigenvalue weighted by atomic mass is 9.95. The molecule has 2 rings (SSSR count). The molecule has 0 radical (unpaired) electrons. The summed E-state index contributed by atoms with van der Waals surface area (Å²) in [5.74, 6) is 0.0738. The summed E-state index contributed by atoms with van der Waals surface area (Å²) < 4.78 is 0. The van der Waals surface area contributed by atoms with E-state index in [1.54, 1.807) is 12.0 Å². The van der Waals surface area contributed by atoms with Gasteiger partial charge in [-0.15, -0.1) is 0 Å². The number of carbonyl (C=O) groups excluding carboxylic acids is 1. The third kappa shape index (κ3) is 3.91. The Kier molecular flexibility index (Phi) is 5.45. The second-order valence-corrected chi connectivity index (χ2v) is 6.71. The Morgan fingerprint density at radius 1 is 1.22 bits per heavy atom. The van der Waals surface area contributed by atoms with Gasteiger partial charge in [-0.05, 0) is 55.9 Å². The fraction of sp³-hybridized carbons (Fsp3) is 0.611. The molecule has 1 amide bonds. The van der Waals surface area contributed by atoms with E-state index in [1.165, 1.54) is 11.1 Å². The quantitative estimate of drug-likeness (QED) is 0.862. The van der Waals surface area contributed by atoms with Gasteiger partial charge in [-0.25, -0.2) is 0 Å². The standard InChI is InChI=1S/C18H29N3O2/c1-13-10-15(3)16(11-14(13)2)12-17(22)20(4)18(19)6-8-21(23-5)9-7-18/h10-11H,6-9,12,19H2,1-5H3. The maximum Gasteiger partial charge on any atom is 0.228 e. The minimum Gasteiger partial charge on any atom is -0.327 e. The van der Waals surface area contributed by atoms with Gasteiger partial charge in [-0.2, -0.15) is 5.06 Å². The highest BCUT2D eigenvalue weighted by molar-refractivity contribution is 5.79. The maximum atomic E-state index is 12.7. The van der Waals surface area contributed by atoms with E-state index in [2.05, 4.69) is 32.9 Å². The lowest BCUT2D eigenvalue weighted by Crippen LogP contribution is -2.61. The van der Waals surface area contributed by atoms with Gasteiger partial charge in [0, 0.05) is 20.1 Å². The number of nitrogens with two attached hydrogens (primary N) is 1. The number of hydroxylamine groups is 2. The molecule has 2 N–H and O–H groups in total. The van der Waals surface area contributed by atoms with Crippen LogP contribution >= 0.6 is 0 Å². The van der Waals surface area contributed by atoms with Gasteiger partial charge in [0.2, 0.25) is 5.91 Å². The number of hydrogen-bond donors (Lipinski definition) is 1.